The van der Waals surface area contributed by atoms with Crippen molar-refractivity contribution in [3.63, 3.8) is 0 Å². The van der Waals surface area contributed by atoms with Gasteiger partial charge >= 0.3 is 0 Å². The van der Waals surface area contributed by atoms with Crippen LogP contribution in [-0.4, -0.2) is 34.9 Å². The van der Waals surface area contributed by atoms with Gasteiger partial charge in [-0.15, -0.1) is 0 Å². The first kappa shape index (κ1) is 54.4. The highest BCUT2D eigenvalue weighted by atomic mass is 16.3. The SMILES string of the molecule is CCCCCCCCCCCCCCCCCCCCCCCCCCCCCCCCCCCC(O)C(CO)NC(=O)CCCCCCCCCCCC. The summed E-state index contributed by atoms with van der Waals surface area (Å²) in [4.78, 5) is 12.3. The lowest BCUT2D eigenvalue weighted by Gasteiger charge is -2.22. The lowest BCUT2D eigenvalue weighted by atomic mass is 10.0. The molecule has 4 nitrogen and oxygen atoms in total. The number of nitrogens with one attached hydrogen (secondary N) is 1. The Hall–Kier alpha value is -0.610. The van der Waals surface area contributed by atoms with Crippen LogP contribution in [0.2, 0.25) is 0 Å². The van der Waals surface area contributed by atoms with E-state index in [1.807, 2.05) is 0 Å². The van der Waals surface area contributed by atoms with E-state index in [-0.39, 0.29) is 12.5 Å². The molecule has 0 radical (unpaired) electrons. The largest absolute Gasteiger partial charge is 0.394 e. The Kier molecular flexibility index (Phi) is 47.2. The number of carbonyl (C=O) groups excluding carboxylic acids is 1. The molecule has 0 saturated heterocycles. The smallest absolute Gasteiger partial charge is 0.220 e. The van der Waals surface area contributed by atoms with Crippen molar-refractivity contribution in [2.24, 2.45) is 0 Å². The molecule has 0 aliphatic carbocycles. The zero-order valence-corrected chi connectivity index (χ0v) is 38.0. The van der Waals surface area contributed by atoms with Crippen LogP contribution < -0.4 is 5.32 Å². The molecule has 0 aliphatic rings. The molecule has 0 aromatic rings. The van der Waals surface area contributed by atoms with Crippen molar-refractivity contribution in [2.75, 3.05) is 6.61 Å². The lowest BCUT2D eigenvalue weighted by Crippen LogP contribution is -2.45. The molecular weight excluding hydrogens is 675 g/mol. The van der Waals surface area contributed by atoms with E-state index < -0.39 is 12.1 Å². The van der Waals surface area contributed by atoms with E-state index in [0.717, 1.165) is 25.7 Å². The third-order valence-electron chi connectivity index (χ3n) is 12.4. The number of hydrogen-bond donors (Lipinski definition) is 3. The topological polar surface area (TPSA) is 69.6 Å². The minimum atomic E-state index is -0.653. The maximum atomic E-state index is 12.3. The Morgan fingerprint density at radius 3 is 0.818 bits per heavy atom. The molecule has 0 rings (SSSR count). The third-order valence-corrected chi connectivity index (χ3v) is 12.4. The summed E-state index contributed by atoms with van der Waals surface area (Å²) in [5, 5.41) is 23.2. The fraction of sp³-hybridized carbons (Fsp3) is 0.980. The Balaban J connectivity index is 3.33. The first-order chi connectivity index (χ1) is 27.2. The van der Waals surface area contributed by atoms with Crippen LogP contribution in [0.25, 0.3) is 0 Å². The van der Waals surface area contributed by atoms with Gasteiger partial charge in [0.05, 0.1) is 18.8 Å². The minimum absolute atomic E-state index is 0.0288. The average molecular weight is 778 g/mol. The van der Waals surface area contributed by atoms with Crippen molar-refractivity contribution >= 4 is 5.91 Å². The molecule has 0 aliphatic heterocycles. The lowest BCUT2D eigenvalue weighted by molar-refractivity contribution is -0.123. The van der Waals surface area contributed by atoms with Crippen LogP contribution in [0.5, 0.6) is 0 Å². The Morgan fingerprint density at radius 2 is 0.582 bits per heavy atom. The van der Waals surface area contributed by atoms with Gasteiger partial charge in [0, 0.05) is 6.42 Å². The third kappa shape index (κ3) is 44.3. The van der Waals surface area contributed by atoms with Gasteiger partial charge in [-0.1, -0.05) is 284 Å². The van der Waals surface area contributed by atoms with Crippen LogP contribution in [0.1, 0.15) is 303 Å². The van der Waals surface area contributed by atoms with Crippen LogP contribution in [0.3, 0.4) is 0 Å². The number of rotatable bonds is 48. The second-order valence-electron chi connectivity index (χ2n) is 18.0. The molecule has 0 aromatic carbocycles. The highest BCUT2D eigenvalue weighted by molar-refractivity contribution is 5.76. The summed E-state index contributed by atoms with van der Waals surface area (Å²) >= 11 is 0. The molecule has 0 spiro atoms. The molecule has 4 heteroatoms. The number of aliphatic hydroxyl groups excluding tert-OH is 2. The van der Waals surface area contributed by atoms with Crippen molar-refractivity contribution in [1.82, 2.24) is 5.32 Å². The van der Waals surface area contributed by atoms with Gasteiger partial charge in [0.25, 0.3) is 0 Å². The van der Waals surface area contributed by atoms with Gasteiger partial charge < -0.3 is 15.5 Å². The predicted molar refractivity (Wildman–Crippen MR) is 244 cm³/mol. The number of aliphatic hydroxyl groups is 2. The van der Waals surface area contributed by atoms with Crippen LogP contribution in [0, 0.1) is 0 Å². The molecule has 330 valence electrons. The van der Waals surface area contributed by atoms with Crippen molar-refractivity contribution in [2.45, 2.75) is 315 Å². The summed E-state index contributed by atoms with van der Waals surface area (Å²) in [6, 6.07) is -0.529. The van der Waals surface area contributed by atoms with Gasteiger partial charge in [0.2, 0.25) is 5.91 Å². The van der Waals surface area contributed by atoms with Gasteiger partial charge in [0.1, 0.15) is 0 Å². The highest BCUT2D eigenvalue weighted by Crippen LogP contribution is 2.18. The molecule has 55 heavy (non-hydrogen) atoms. The number of unbranched alkanes of at least 4 members (excludes halogenated alkanes) is 41. The van der Waals surface area contributed by atoms with E-state index >= 15 is 0 Å². The Labute approximate surface area is 346 Å². The second kappa shape index (κ2) is 47.8. The van der Waals surface area contributed by atoms with E-state index in [0.29, 0.717) is 12.8 Å². The van der Waals surface area contributed by atoms with Crippen LogP contribution >= 0.6 is 0 Å². The molecule has 0 bridgehead atoms. The summed E-state index contributed by atoms with van der Waals surface area (Å²) in [6.07, 6.45) is 59.5. The van der Waals surface area contributed by atoms with E-state index in [2.05, 4.69) is 19.2 Å². The maximum Gasteiger partial charge on any atom is 0.220 e. The van der Waals surface area contributed by atoms with E-state index in [9.17, 15) is 15.0 Å². The van der Waals surface area contributed by atoms with Gasteiger partial charge in [-0.05, 0) is 12.8 Å². The molecule has 2 unspecified atom stereocenters. The molecule has 1 amide bonds. The van der Waals surface area contributed by atoms with E-state index in [1.165, 1.54) is 250 Å². The molecular formula is C51H103NO3. The molecule has 3 N–H and O–H groups in total. The van der Waals surface area contributed by atoms with E-state index in [1.54, 1.807) is 0 Å². The monoisotopic (exact) mass is 778 g/mol. The van der Waals surface area contributed by atoms with Gasteiger partial charge in [-0.2, -0.15) is 0 Å². The van der Waals surface area contributed by atoms with Crippen LogP contribution in [0.15, 0.2) is 0 Å². The molecule has 0 fully saturated rings. The summed E-state index contributed by atoms with van der Waals surface area (Å²) < 4.78 is 0. The number of amides is 1. The fourth-order valence-electron chi connectivity index (χ4n) is 8.42. The minimum Gasteiger partial charge on any atom is -0.394 e. The van der Waals surface area contributed by atoms with Gasteiger partial charge in [-0.3, -0.25) is 4.79 Å². The van der Waals surface area contributed by atoms with Gasteiger partial charge in [0.15, 0.2) is 0 Å². The Bertz CT molecular complexity index is 714. The molecule has 0 saturated carbocycles. The van der Waals surface area contributed by atoms with E-state index in [4.69, 9.17) is 0 Å². The zero-order valence-electron chi connectivity index (χ0n) is 38.0. The maximum absolute atomic E-state index is 12.3. The first-order valence-corrected chi connectivity index (χ1v) is 25.7. The highest BCUT2D eigenvalue weighted by Gasteiger charge is 2.20. The first-order valence-electron chi connectivity index (χ1n) is 25.7. The normalized spacial score (nSPS) is 12.7. The number of carbonyl (C=O) groups is 1. The average Bonchev–Trinajstić information content (AvgIpc) is 3.19. The van der Waals surface area contributed by atoms with Crippen molar-refractivity contribution in [3.8, 4) is 0 Å². The quantitative estimate of drug-likeness (QED) is 0.0539. The molecule has 0 heterocycles. The summed E-state index contributed by atoms with van der Waals surface area (Å²) in [5.41, 5.74) is 0. The van der Waals surface area contributed by atoms with Gasteiger partial charge in [-0.25, -0.2) is 0 Å². The summed E-state index contributed by atoms with van der Waals surface area (Å²) in [5.74, 6) is -0.0288. The van der Waals surface area contributed by atoms with Crippen LogP contribution in [0.4, 0.5) is 0 Å². The predicted octanol–water partition coefficient (Wildman–Crippen LogP) is 16.4. The van der Waals surface area contributed by atoms with Crippen molar-refractivity contribution in [3.05, 3.63) is 0 Å². The summed E-state index contributed by atoms with van der Waals surface area (Å²) in [6.45, 7) is 4.37. The molecule has 2 atom stereocenters. The van der Waals surface area contributed by atoms with Crippen molar-refractivity contribution in [1.29, 1.82) is 0 Å². The zero-order chi connectivity index (χ0) is 40.0. The number of hydrogen-bond acceptors (Lipinski definition) is 3. The standard InChI is InChI=1S/C51H103NO3/c1-3-5-7-9-11-13-15-16-17-18-19-20-21-22-23-24-25-26-27-28-29-30-31-32-33-34-35-36-37-38-40-42-44-46-50(54)49(48-53)52-51(55)47-45-43-41-39-14-12-10-8-6-4-2/h49-50,53-54H,3-48H2,1-2H3,(H,52,55). The Morgan fingerprint density at radius 1 is 0.364 bits per heavy atom. The van der Waals surface area contributed by atoms with Crippen LogP contribution in [-0.2, 0) is 4.79 Å². The second-order valence-corrected chi connectivity index (χ2v) is 18.0. The van der Waals surface area contributed by atoms with Crippen molar-refractivity contribution < 1.29 is 15.0 Å². The molecule has 0 aromatic heterocycles. The fourth-order valence-corrected chi connectivity index (χ4v) is 8.42. The summed E-state index contributed by atoms with van der Waals surface area (Å²) in [7, 11) is 0.